The molecule has 0 aliphatic rings. The molecule has 0 aliphatic heterocycles. The topological polar surface area (TPSA) is 35.2 Å². The number of ether oxygens (including phenoxy) is 1. The van der Waals surface area contributed by atoms with Gasteiger partial charge >= 0.3 is 0 Å². The van der Waals surface area contributed by atoms with Crippen molar-refractivity contribution in [2.45, 2.75) is 20.5 Å². The third-order valence-corrected chi connectivity index (χ3v) is 3.01. The maximum Gasteiger partial charge on any atom is 0.125 e. The van der Waals surface area contributed by atoms with E-state index in [2.05, 4.69) is 0 Å². The van der Waals surface area contributed by atoms with Gasteiger partial charge in [-0.25, -0.2) is 4.39 Å². The quantitative estimate of drug-likeness (QED) is 0.852. The van der Waals surface area contributed by atoms with Crippen LogP contribution in [-0.4, -0.2) is 0 Å². The summed E-state index contributed by atoms with van der Waals surface area (Å²) in [6.45, 7) is 4.12. The number of aryl methyl sites for hydroxylation is 2. The van der Waals surface area contributed by atoms with E-state index in [1.165, 1.54) is 12.1 Å². The highest BCUT2D eigenvalue weighted by Crippen LogP contribution is 2.28. The van der Waals surface area contributed by atoms with Crippen molar-refractivity contribution < 1.29 is 9.13 Å². The van der Waals surface area contributed by atoms with Crippen molar-refractivity contribution in [2.75, 3.05) is 5.73 Å². The summed E-state index contributed by atoms with van der Waals surface area (Å²) in [7, 11) is 0. The highest BCUT2D eigenvalue weighted by atomic mass is 35.5. The largest absolute Gasteiger partial charge is 0.488 e. The van der Waals surface area contributed by atoms with Crippen molar-refractivity contribution in [3.8, 4) is 5.75 Å². The van der Waals surface area contributed by atoms with Crippen molar-refractivity contribution >= 4 is 17.3 Å². The van der Waals surface area contributed by atoms with Gasteiger partial charge < -0.3 is 10.5 Å². The molecule has 2 rings (SSSR count). The Morgan fingerprint density at radius 3 is 2.32 bits per heavy atom. The summed E-state index contributed by atoms with van der Waals surface area (Å²) in [6.07, 6.45) is 0. The maximum absolute atomic E-state index is 13.2. The van der Waals surface area contributed by atoms with Crippen LogP contribution in [0.15, 0.2) is 30.3 Å². The molecule has 0 bridgehead atoms. The van der Waals surface area contributed by atoms with Gasteiger partial charge in [0.25, 0.3) is 0 Å². The lowest BCUT2D eigenvalue weighted by molar-refractivity contribution is 0.301. The molecule has 0 heterocycles. The number of anilines is 1. The fraction of sp³-hybridized carbons (Fsp3) is 0.200. The molecule has 19 heavy (non-hydrogen) atoms. The minimum atomic E-state index is -0.358. The lowest BCUT2D eigenvalue weighted by atomic mass is 10.1. The van der Waals surface area contributed by atoms with Crippen LogP contribution in [0.3, 0.4) is 0 Å². The maximum atomic E-state index is 13.2. The number of nitrogen functional groups attached to an aromatic ring is 1. The Balaban J connectivity index is 2.19. The first-order chi connectivity index (χ1) is 8.95. The van der Waals surface area contributed by atoms with Gasteiger partial charge in [-0.05, 0) is 60.9 Å². The van der Waals surface area contributed by atoms with E-state index in [0.29, 0.717) is 16.3 Å². The third kappa shape index (κ3) is 3.38. The fourth-order valence-corrected chi connectivity index (χ4v) is 2.37. The third-order valence-electron chi connectivity index (χ3n) is 2.79. The van der Waals surface area contributed by atoms with Crippen LogP contribution in [0.1, 0.15) is 16.7 Å². The summed E-state index contributed by atoms with van der Waals surface area (Å²) < 4.78 is 19.0. The Labute approximate surface area is 117 Å². The van der Waals surface area contributed by atoms with Gasteiger partial charge in [0.05, 0.1) is 0 Å². The summed E-state index contributed by atoms with van der Waals surface area (Å²) in [5.41, 5.74) is 8.59. The van der Waals surface area contributed by atoms with Crippen molar-refractivity contribution in [3.05, 3.63) is 57.9 Å². The van der Waals surface area contributed by atoms with Crippen LogP contribution in [-0.2, 0) is 6.61 Å². The number of benzene rings is 2. The molecule has 2 aromatic rings. The normalized spacial score (nSPS) is 10.5. The molecule has 2 N–H and O–H groups in total. The van der Waals surface area contributed by atoms with E-state index >= 15 is 0 Å². The van der Waals surface area contributed by atoms with Crippen LogP contribution in [0.25, 0.3) is 0 Å². The minimum Gasteiger partial charge on any atom is -0.488 e. The molecule has 0 atom stereocenters. The lowest BCUT2D eigenvalue weighted by Gasteiger charge is -2.13. The number of rotatable bonds is 3. The molecular formula is C15H15ClFNO. The van der Waals surface area contributed by atoms with E-state index in [-0.39, 0.29) is 12.4 Å². The molecule has 2 nitrogen and oxygen atoms in total. The van der Waals surface area contributed by atoms with Crippen molar-refractivity contribution in [1.29, 1.82) is 0 Å². The van der Waals surface area contributed by atoms with E-state index in [0.717, 1.165) is 16.9 Å². The molecule has 0 unspecified atom stereocenters. The van der Waals surface area contributed by atoms with Crippen LogP contribution >= 0.6 is 11.6 Å². The van der Waals surface area contributed by atoms with Gasteiger partial charge in [-0.3, -0.25) is 0 Å². The van der Waals surface area contributed by atoms with E-state index in [9.17, 15) is 4.39 Å². The second-order valence-corrected chi connectivity index (χ2v) is 4.99. The average Bonchev–Trinajstić information content (AvgIpc) is 2.25. The number of halogens is 2. The highest BCUT2D eigenvalue weighted by Gasteiger charge is 2.07. The van der Waals surface area contributed by atoms with Gasteiger partial charge in [0.1, 0.15) is 18.2 Å². The van der Waals surface area contributed by atoms with Crippen LogP contribution < -0.4 is 10.5 Å². The monoisotopic (exact) mass is 279 g/mol. The molecule has 2 aromatic carbocycles. The number of hydrogen-bond donors (Lipinski definition) is 1. The molecule has 0 spiro atoms. The average molecular weight is 280 g/mol. The SMILES string of the molecule is Cc1cc(Cl)cc(C)c1OCc1cc(N)cc(F)c1. The first-order valence-electron chi connectivity index (χ1n) is 5.90. The Morgan fingerprint density at radius 1 is 1.11 bits per heavy atom. The molecule has 0 saturated carbocycles. The molecule has 100 valence electrons. The Hall–Kier alpha value is -1.74. The van der Waals surface area contributed by atoms with Crippen LogP contribution in [0, 0.1) is 19.7 Å². The predicted molar refractivity (Wildman–Crippen MR) is 76.1 cm³/mol. The zero-order valence-electron chi connectivity index (χ0n) is 10.8. The first-order valence-corrected chi connectivity index (χ1v) is 6.28. The predicted octanol–water partition coefficient (Wildman–Crippen LogP) is 4.26. The van der Waals surface area contributed by atoms with Gasteiger partial charge in [-0.15, -0.1) is 0 Å². The summed E-state index contributed by atoms with van der Waals surface area (Å²) in [4.78, 5) is 0. The Morgan fingerprint density at radius 2 is 1.74 bits per heavy atom. The highest BCUT2D eigenvalue weighted by molar-refractivity contribution is 6.30. The summed E-state index contributed by atoms with van der Waals surface area (Å²) in [5.74, 6) is 0.412. The Kier molecular flexibility index (Phi) is 3.96. The molecule has 0 aliphatic carbocycles. The summed E-state index contributed by atoms with van der Waals surface area (Å²) in [5, 5.41) is 0.678. The standard InChI is InChI=1S/C15H15ClFNO/c1-9-3-12(16)4-10(2)15(9)19-8-11-5-13(17)7-14(18)6-11/h3-7H,8,18H2,1-2H3. The Bertz CT molecular complexity index is 570. The smallest absolute Gasteiger partial charge is 0.125 e. The van der Waals surface area contributed by atoms with E-state index < -0.39 is 0 Å². The van der Waals surface area contributed by atoms with E-state index in [1.807, 2.05) is 26.0 Å². The van der Waals surface area contributed by atoms with Crippen LogP contribution in [0.5, 0.6) is 5.75 Å². The number of nitrogens with two attached hydrogens (primary N) is 1. The van der Waals surface area contributed by atoms with E-state index in [4.69, 9.17) is 22.1 Å². The second kappa shape index (κ2) is 5.49. The number of hydrogen-bond acceptors (Lipinski definition) is 2. The van der Waals surface area contributed by atoms with Gasteiger partial charge in [-0.1, -0.05) is 11.6 Å². The van der Waals surface area contributed by atoms with Crippen LogP contribution in [0.4, 0.5) is 10.1 Å². The zero-order chi connectivity index (χ0) is 14.0. The minimum absolute atomic E-state index is 0.269. The van der Waals surface area contributed by atoms with Gasteiger partial charge in [0.2, 0.25) is 0 Å². The molecule has 0 saturated heterocycles. The second-order valence-electron chi connectivity index (χ2n) is 4.55. The molecule has 0 radical (unpaired) electrons. The van der Waals surface area contributed by atoms with Crippen molar-refractivity contribution in [1.82, 2.24) is 0 Å². The molecule has 0 amide bonds. The molecular weight excluding hydrogens is 265 g/mol. The summed E-state index contributed by atoms with van der Waals surface area (Å²) in [6, 6.07) is 8.07. The molecule has 0 aromatic heterocycles. The van der Waals surface area contributed by atoms with Crippen LogP contribution in [0.2, 0.25) is 5.02 Å². The first kappa shape index (κ1) is 13.7. The van der Waals surface area contributed by atoms with Crippen molar-refractivity contribution in [3.63, 3.8) is 0 Å². The van der Waals surface area contributed by atoms with Gasteiger partial charge in [0, 0.05) is 10.7 Å². The lowest BCUT2D eigenvalue weighted by Crippen LogP contribution is -2.00. The van der Waals surface area contributed by atoms with E-state index in [1.54, 1.807) is 6.07 Å². The van der Waals surface area contributed by atoms with Gasteiger partial charge in [-0.2, -0.15) is 0 Å². The van der Waals surface area contributed by atoms with Gasteiger partial charge in [0.15, 0.2) is 0 Å². The molecule has 4 heteroatoms. The summed E-state index contributed by atoms with van der Waals surface area (Å²) >= 11 is 5.96. The zero-order valence-corrected chi connectivity index (χ0v) is 11.6. The van der Waals surface area contributed by atoms with Crippen molar-refractivity contribution in [2.24, 2.45) is 0 Å². The fourth-order valence-electron chi connectivity index (χ4n) is 2.04. The molecule has 0 fully saturated rings.